The first-order chi connectivity index (χ1) is 10.2. The first-order valence-electron chi connectivity index (χ1n) is 6.46. The second kappa shape index (κ2) is 6.06. The van der Waals surface area contributed by atoms with Crippen molar-refractivity contribution in [1.29, 1.82) is 0 Å². The molecule has 0 aliphatic carbocycles. The molecule has 2 aromatic carbocycles. The number of rotatable bonds is 0. The molecule has 4 heteroatoms. The normalized spacial score (nSPS) is 10.4. The third kappa shape index (κ3) is 3.11. The molecule has 4 rings (SSSR count). The number of para-hydroxylation sites is 2. The van der Waals surface area contributed by atoms with Crippen LogP contribution in [-0.4, -0.2) is 9.97 Å². The summed E-state index contributed by atoms with van der Waals surface area (Å²) in [6.45, 7) is 0. The molecule has 2 aromatic heterocycles. The van der Waals surface area contributed by atoms with E-state index in [-0.39, 0.29) is 5.82 Å². The van der Waals surface area contributed by atoms with E-state index in [4.69, 9.17) is 0 Å². The number of H-pyrrole nitrogens is 1. The number of pyridine rings is 1. The molecular formula is C17H12BrFN2. The maximum absolute atomic E-state index is 12.9. The zero-order chi connectivity index (χ0) is 14.7. The highest BCUT2D eigenvalue weighted by Gasteiger charge is 2.01. The fourth-order valence-corrected chi connectivity index (χ4v) is 2.55. The second-order valence-electron chi connectivity index (χ2n) is 4.52. The number of hydrogen-bond donors (Lipinski definition) is 1. The molecule has 21 heavy (non-hydrogen) atoms. The van der Waals surface area contributed by atoms with Crippen molar-refractivity contribution < 1.29 is 4.39 Å². The standard InChI is InChI=1S/C9H7N.C8H5BrFN/c1-2-6-9-8(4-1)5-3-7-10-9;9-7-4-5-2-1-3-6(10)8(5)11-7/h1-7H;1-4,11H. The van der Waals surface area contributed by atoms with Crippen LogP contribution in [0.1, 0.15) is 0 Å². The highest BCUT2D eigenvalue weighted by molar-refractivity contribution is 9.10. The molecule has 0 amide bonds. The SMILES string of the molecule is Fc1cccc2cc(Br)[nH]c12.c1ccc2ncccc2c1. The van der Waals surface area contributed by atoms with Crippen molar-refractivity contribution in [2.75, 3.05) is 0 Å². The summed E-state index contributed by atoms with van der Waals surface area (Å²) in [7, 11) is 0. The summed E-state index contributed by atoms with van der Waals surface area (Å²) in [4.78, 5) is 7.05. The van der Waals surface area contributed by atoms with Crippen molar-refractivity contribution in [2.24, 2.45) is 0 Å². The smallest absolute Gasteiger partial charge is 0.147 e. The van der Waals surface area contributed by atoms with Gasteiger partial charge in [-0.1, -0.05) is 36.4 Å². The molecule has 2 heterocycles. The van der Waals surface area contributed by atoms with Gasteiger partial charge in [0.2, 0.25) is 0 Å². The summed E-state index contributed by atoms with van der Waals surface area (Å²) in [6.07, 6.45) is 1.81. The van der Waals surface area contributed by atoms with E-state index in [9.17, 15) is 4.39 Å². The van der Waals surface area contributed by atoms with E-state index in [1.807, 2.05) is 42.6 Å². The van der Waals surface area contributed by atoms with Crippen LogP contribution >= 0.6 is 15.9 Å². The van der Waals surface area contributed by atoms with E-state index < -0.39 is 0 Å². The number of aromatic nitrogens is 2. The van der Waals surface area contributed by atoms with Crippen molar-refractivity contribution in [3.05, 3.63) is 77.3 Å². The number of halogens is 2. The average Bonchev–Trinajstić information content (AvgIpc) is 2.90. The van der Waals surface area contributed by atoms with Crippen LogP contribution in [0.2, 0.25) is 0 Å². The average molecular weight is 343 g/mol. The molecule has 0 spiro atoms. The van der Waals surface area contributed by atoms with Crippen LogP contribution in [0.15, 0.2) is 71.5 Å². The van der Waals surface area contributed by atoms with Crippen molar-refractivity contribution in [1.82, 2.24) is 9.97 Å². The number of benzene rings is 2. The zero-order valence-electron chi connectivity index (χ0n) is 11.1. The number of nitrogens with zero attached hydrogens (tertiary/aromatic N) is 1. The summed E-state index contributed by atoms with van der Waals surface area (Å²) in [5, 5.41) is 2.09. The van der Waals surface area contributed by atoms with Gasteiger partial charge >= 0.3 is 0 Å². The van der Waals surface area contributed by atoms with Gasteiger partial charge in [-0.25, -0.2) is 4.39 Å². The Morgan fingerprint density at radius 3 is 2.48 bits per heavy atom. The van der Waals surface area contributed by atoms with Crippen molar-refractivity contribution in [2.45, 2.75) is 0 Å². The molecule has 1 N–H and O–H groups in total. The van der Waals surface area contributed by atoms with E-state index in [1.54, 1.807) is 6.07 Å². The van der Waals surface area contributed by atoms with Gasteiger partial charge in [-0.05, 0) is 40.2 Å². The van der Waals surface area contributed by atoms with E-state index in [2.05, 4.69) is 38.0 Å². The van der Waals surface area contributed by atoms with Crippen molar-refractivity contribution in [3.63, 3.8) is 0 Å². The highest BCUT2D eigenvalue weighted by atomic mass is 79.9. The Morgan fingerprint density at radius 2 is 1.67 bits per heavy atom. The maximum atomic E-state index is 12.9. The number of nitrogens with one attached hydrogen (secondary N) is 1. The summed E-state index contributed by atoms with van der Waals surface area (Å²) >= 11 is 3.24. The molecule has 0 unspecified atom stereocenters. The number of aromatic amines is 1. The molecule has 4 aromatic rings. The lowest BCUT2D eigenvalue weighted by Gasteiger charge is -1.91. The number of fused-ring (bicyclic) bond motifs is 2. The van der Waals surface area contributed by atoms with Gasteiger partial charge in [-0.3, -0.25) is 4.98 Å². The number of hydrogen-bond acceptors (Lipinski definition) is 1. The third-order valence-corrected chi connectivity index (χ3v) is 3.51. The molecule has 2 nitrogen and oxygen atoms in total. The monoisotopic (exact) mass is 342 g/mol. The van der Waals surface area contributed by atoms with Crippen LogP contribution < -0.4 is 0 Å². The molecule has 0 bridgehead atoms. The Bertz CT molecular complexity index is 821. The lowest BCUT2D eigenvalue weighted by Crippen LogP contribution is -1.74. The van der Waals surface area contributed by atoms with Gasteiger partial charge in [0.1, 0.15) is 5.82 Å². The van der Waals surface area contributed by atoms with Gasteiger partial charge in [-0.2, -0.15) is 0 Å². The Morgan fingerprint density at radius 1 is 0.905 bits per heavy atom. The lowest BCUT2D eigenvalue weighted by atomic mass is 10.2. The van der Waals surface area contributed by atoms with E-state index in [0.717, 1.165) is 15.5 Å². The summed E-state index contributed by atoms with van der Waals surface area (Å²) < 4.78 is 13.8. The van der Waals surface area contributed by atoms with Crippen LogP contribution in [0.3, 0.4) is 0 Å². The van der Waals surface area contributed by atoms with Gasteiger partial charge in [0, 0.05) is 17.0 Å². The van der Waals surface area contributed by atoms with Gasteiger partial charge in [0.15, 0.2) is 0 Å². The largest absolute Gasteiger partial charge is 0.347 e. The van der Waals surface area contributed by atoms with Crippen LogP contribution in [0.4, 0.5) is 4.39 Å². The quantitative estimate of drug-likeness (QED) is 0.461. The van der Waals surface area contributed by atoms with Crippen LogP contribution in [0.25, 0.3) is 21.8 Å². The molecular weight excluding hydrogens is 331 g/mol. The van der Waals surface area contributed by atoms with Crippen LogP contribution in [-0.2, 0) is 0 Å². The molecule has 0 atom stereocenters. The molecule has 0 saturated heterocycles. The topological polar surface area (TPSA) is 28.7 Å². The Balaban J connectivity index is 0.000000126. The van der Waals surface area contributed by atoms with Crippen LogP contribution in [0, 0.1) is 5.82 Å². The van der Waals surface area contributed by atoms with Gasteiger partial charge in [0.25, 0.3) is 0 Å². The molecule has 0 aliphatic rings. The first-order valence-corrected chi connectivity index (χ1v) is 7.26. The zero-order valence-corrected chi connectivity index (χ0v) is 12.6. The minimum absolute atomic E-state index is 0.215. The second-order valence-corrected chi connectivity index (χ2v) is 5.37. The predicted octanol–water partition coefficient (Wildman–Crippen LogP) is 5.30. The Hall–Kier alpha value is -2.20. The van der Waals surface area contributed by atoms with Crippen molar-refractivity contribution in [3.8, 4) is 0 Å². The Kier molecular flexibility index (Phi) is 3.97. The molecule has 104 valence electrons. The fourth-order valence-electron chi connectivity index (χ4n) is 2.10. The summed E-state index contributed by atoms with van der Waals surface area (Å²) in [5.74, 6) is -0.215. The van der Waals surface area contributed by atoms with E-state index in [1.165, 1.54) is 11.5 Å². The third-order valence-electron chi connectivity index (χ3n) is 3.08. The predicted molar refractivity (Wildman–Crippen MR) is 87.7 cm³/mol. The van der Waals surface area contributed by atoms with Gasteiger partial charge in [0.05, 0.1) is 15.6 Å². The van der Waals surface area contributed by atoms with E-state index in [0.29, 0.717) is 5.52 Å². The fraction of sp³-hybridized carbons (Fsp3) is 0. The Labute approximate surface area is 129 Å². The van der Waals surface area contributed by atoms with Crippen LogP contribution in [0.5, 0.6) is 0 Å². The van der Waals surface area contributed by atoms with Gasteiger partial charge in [-0.15, -0.1) is 0 Å². The molecule has 0 radical (unpaired) electrons. The minimum Gasteiger partial charge on any atom is -0.347 e. The lowest BCUT2D eigenvalue weighted by molar-refractivity contribution is 0.637. The van der Waals surface area contributed by atoms with E-state index >= 15 is 0 Å². The van der Waals surface area contributed by atoms with Crippen molar-refractivity contribution >= 4 is 37.7 Å². The van der Waals surface area contributed by atoms with Gasteiger partial charge < -0.3 is 4.98 Å². The summed E-state index contributed by atoms with van der Waals surface area (Å²) in [5.41, 5.74) is 1.62. The molecule has 0 saturated carbocycles. The first kappa shape index (κ1) is 13.8. The molecule has 0 fully saturated rings. The minimum atomic E-state index is -0.215. The highest BCUT2D eigenvalue weighted by Crippen LogP contribution is 2.20. The maximum Gasteiger partial charge on any atom is 0.147 e. The summed E-state index contributed by atoms with van der Waals surface area (Å²) in [6, 6.07) is 18.9. The molecule has 0 aliphatic heterocycles.